The molecule has 1 aromatic carbocycles. The third-order valence-electron chi connectivity index (χ3n) is 2.02. The third kappa shape index (κ3) is 4.96. The Morgan fingerprint density at radius 3 is 2.52 bits per heavy atom. The van der Waals surface area contributed by atoms with Crippen molar-refractivity contribution in [2.24, 2.45) is 0 Å². The lowest BCUT2D eigenvalue weighted by Crippen LogP contribution is -2.20. The van der Waals surface area contributed by atoms with Crippen LogP contribution in [0.2, 0.25) is 0 Å². The van der Waals surface area contributed by atoms with E-state index in [-0.39, 0.29) is 10.0 Å². The predicted molar refractivity (Wildman–Crippen MR) is 66.6 cm³/mol. The highest BCUT2D eigenvalue weighted by Crippen LogP contribution is 2.38. The molecular weight excluding hydrogens is 361 g/mol. The van der Waals surface area contributed by atoms with E-state index < -0.39 is 36.1 Å². The Kier molecular flexibility index (Phi) is 5.15. The molecule has 0 aliphatic carbocycles. The minimum Gasteiger partial charge on any atom is -0.478 e. The summed E-state index contributed by atoms with van der Waals surface area (Å²) in [7, 11) is 0. The molecule has 1 aromatic rings. The monoisotopic (exact) mass is 366 g/mol. The molecule has 0 bridgehead atoms. The molecular formula is C11H6BrF3N2O4. The van der Waals surface area contributed by atoms with E-state index in [9.17, 15) is 22.8 Å². The Labute approximate surface area is 124 Å². The second-order valence-corrected chi connectivity index (χ2v) is 4.43. The maximum Gasteiger partial charge on any atom is 0.573 e. The number of anilines is 1. The highest BCUT2D eigenvalue weighted by Gasteiger charge is 2.34. The molecule has 21 heavy (non-hydrogen) atoms. The van der Waals surface area contributed by atoms with Crippen LogP contribution in [0.5, 0.6) is 5.75 Å². The molecule has 112 valence electrons. The number of nitrogens with zero attached hydrogens (tertiary/aromatic N) is 1. The maximum atomic E-state index is 12.3. The number of nitriles is 1. The van der Waals surface area contributed by atoms with Crippen molar-refractivity contribution in [1.29, 1.82) is 5.26 Å². The first-order valence-corrected chi connectivity index (χ1v) is 5.92. The van der Waals surface area contributed by atoms with E-state index in [0.717, 1.165) is 12.1 Å². The number of carbonyl (C=O) groups excluding carboxylic acids is 1. The fourth-order valence-electron chi connectivity index (χ4n) is 1.30. The first-order chi connectivity index (χ1) is 9.64. The van der Waals surface area contributed by atoms with Gasteiger partial charge in [0.05, 0.1) is 21.8 Å². The van der Waals surface area contributed by atoms with Gasteiger partial charge in [0.25, 0.3) is 0 Å². The summed E-state index contributed by atoms with van der Waals surface area (Å²) in [5.41, 5.74) is -0.886. The summed E-state index contributed by atoms with van der Waals surface area (Å²) in [5, 5.41) is 19.2. The molecule has 6 nitrogen and oxygen atoms in total. The summed E-state index contributed by atoms with van der Waals surface area (Å²) in [4.78, 5) is 22.2. The number of rotatable bonds is 4. The van der Waals surface area contributed by atoms with Gasteiger partial charge in [0.2, 0.25) is 5.91 Å². The fraction of sp³-hybridized carbons (Fsp3) is 0.182. The molecule has 0 radical (unpaired) electrons. The van der Waals surface area contributed by atoms with Gasteiger partial charge in [-0.05, 0) is 28.1 Å². The molecule has 0 unspecified atom stereocenters. The standard InChI is InChI=1S/C11H6BrF3N2O4/c12-6-3-5(10(19)20)4-7(17-8(18)1-2-16)9(6)21-11(13,14)15/h3-4H,1H2,(H,17,18)(H,19,20). The van der Waals surface area contributed by atoms with Crippen LogP contribution in [0.3, 0.4) is 0 Å². The molecule has 0 aliphatic rings. The van der Waals surface area contributed by atoms with E-state index >= 15 is 0 Å². The summed E-state index contributed by atoms with van der Waals surface area (Å²) in [5.74, 6) is -3.12. The number of halogens is 4. The summed E-state index contributed by atoms with van der Waals surface area (Å²) in [6.07, 6.45) is -5.65. The summed E-state index contributed by atoms with van der Waals surface area (Å²) in [6, 6.07) is 3.19. The summed E-state index contributed by atoms with van der Waals surface area (Å²) in [6.45, 7) is 0. The smallest absolute Gasteiger partial charge is 0.478 e. The molecule has 2 N–H and O–H groups in total. The van der Waals surface area contributed by atoms with Gasteiger partial charge in [-0.25, -0.2) is 4.79 Å². The zero-order valence-electron chi connectivity index (χ0n) is 9.99. The molecule has 0 spiro atoms. The van der Waals surface area contributed by atoms with E-state index in [1.165, 1.54) is 6.07 Å². The van der Waals surface area contributed by atoms with Crippen LogP contribution in [0.15, 0.2) is 16.6 Å². The van der Waals surface area contributed by atoms with Gasteiger partial charge in [-0.2, -0.15) is 5.26 Å². The Bertz CT molecular complexity index is 625. The van der Waals surface area contributed by atoms with Gasteiger partial charge in [-0.15, -0.1) is 13.2 Å². The lowest BCUT2D eigenvalue weighted by Gasteiger charge is -2.16. The number of carbonyl (C=O) groups is 2. The molecule has 0 aliphatic heterocycles. The van der Waals surface area contributed by atoms with Crippen LogP contribution in [-0.2, 0) is 4.79 Å². The third-order valence-corrected chi connectivity index (χ3v) is 2.61. The zero-order chi connectivity index (χ0) is 16.2. The van der Waals surface area contributed by atoms with Crippen LogP contribution in [0.4, 0.5) is 18.9 Å². The molecule has 0 aromatic heterocycles. The van der Waals surface area contributed by atoms with E-state index in [1.807, 2.05) is 5.32 Å². The predicted octanol–water partition coefficient (Wildman–Crippen LogP) is 2.90. The van der Waals surface area contributed by atoms with Crippen LogP contribution in [0.1, 0.15) is 16.8 Å². The molecule has 1 rings (SSSR count). The van der Waals surface area contributed by atoms with E-state index in [2.05, 4.69) is 20.7 Å². The minimum absolute atomic E-state index is 0.313. The highest BCUT2D eigenvalue weighted by molar-refractivity contribution is 9.10. The number of alkyl halides is 3. The van der Waals surface area contributed by atoms with Gasteiger partial charge in [-0.3, -0.25) is 4.79 Å². The Morgan fingerprint density at radius 1 is 1.43 bits per heavy atom. The highest BCUT2D eigenvalue weighted by atomic mass is 79.9. The van der Waals surface area contributed by atoms with E-state index in [1.54, 1.807) is 0 Å². The number of hydrogen-bond donors (Lipinski definition) is 2. The number of ether oxygens (including phenoxy) is 1. The van der Waals surface area contributed by atoms with Crippen molar-refractivity contribution in [2.45, 2.75) is 12.8 Å². The second-order valence-electron chi connectivity index (χ2n) is 3.57. The number of carboxylic acid groups (broad SMARTS) is 1. The van der Waals surface area contributed by atoms with Gasteiger partial charge < -0.3 is 15.2 Å². The van der Waals surface area contributed by atoms with Gasteiger partial charge in [0.15, 0.2) is 5.75 Å². The van der Waals surface area contributed by atoms with Gasteiger partial charge in [0, 0.05) is 0 Å². The minimum atomic E-state index is -5.04. The van der Waals surface area contributed by atoms with Gasteiger partial charge >= 0.3 is 12.3 Å². The molecule has 0 fully saturated rings. The van der Waals surface area contributed by atoms with Gasteiger partial charge in [-0.1, -0.05) is 0 Å². The van der Waals surface area contributed by atoms with Crippen molar-refractivity contribution < 1.29 is 32.6 Å². The van der Waals surface area contributed by atoms with Crippen LogP contribution in [0.25, 0.3) is 0 Å². The molecule has 0 saturated carbocycles. The number of nitrogens with one attached hydrogen (secondary N) is 1. The van der Waals surface area contributed by atoms with Gasteiger partial charge in [0.1, 0.15) is 6.42 Å². The lowest BCUT2D eigenvalue weighted by molar-refractivity contribution is -0.274. The summed E-state index contributed by atoms with van der Waals surface area (Å²) < 4.78 is 40.4. The normalized spacial score (nSPS) is 10.6. The molecule has 1 amide bonds. The largest absolute Gasteiger partial charge is 0.573 e. The van der Waals surface area contributed by atoms with Crippen molar-refractivity contribution in [3.05, 3.63) is 22.2 Å². The number of hydrogen-bond acceptors (Lipinski definition) is 4. The first kappa shape index (κ1) is 16.8. The average Bonchev–Trinajstić information content (AvgIpc) is 2.31. The fourth-order valence-corrected chi connectivity index (χ4v) is 1.84. The number of carboxylic acids is 1. The quantitative estimate of drug-likeness (QED) is 0.853. The first-order valence-electron chi connectivity index (χ1n) is 5.13. The lowest BCUT2D eigenvalue weighted by atomic mass is 10.2. The van der Waals surface area contributed by atoms with Crippen molar-refractivity contribution in [3.8, 4) is 11.8 Å². The van der Waals surface area contributed by atoms with Crippen molar-refractivity contribution in [3.63, 3.8) is 0 Å². The van der Waals surface area contributed by atoms with Crippen LogP contribution >= 0.6 is 15.9 Å². The van der Waals surface area contributed by atoms with Crippen molar-refractivity contribution >= 4 is 33.5 Å². The SMILES string of the molecule is N#CCC(=O)Nc1cc(C(=O)O)cc(Br)c1OC(F)(F)F. The maximum absolute atomic E-state index is 12.3. The van der Waals surface area contributed by atoms with Crippen LogP contribution in [0, 0.1) is 11.3 Å². The molecule has 0 saturated heterocycles. The van der Waals surface area contributed by atoms with Crippen molar-refractivity contribution in [1.82, 2.24) is 0 Å². The Hall–Kier alpha value is -2.28. The van der Waals surface area contributed by atoms with Crippen LogP contribution in [-0.4, -0.2) is 23.3 Å². The van der Waals surface area contributed by atoms with E-state index in [0.29, 0.717) is 0 Å². The second kappa shape index (κ2) is 6.45. The van der Waals surface area contributed by atoms with E-state index in [4.69, 9.17) is 10.4 Å². The molecule has 0 heterocycles. The number of aromatic carboxylic acids is 1. The summed E-state index contributed by atoms with van der Waals surface area (Å²) >= 11 is 2.74. The van der Waals surface area contributed by atoms with Crippen molar-refractivity contribution in [2.75, 3.05) is 5.32 Å². The zero-order valence-corrected chi connectivity index (χ0v) is 11.6. The molecule has 10 heteroatoms. The van der Waals surface area contributed by atoms with Crippen LogP contribution < -0.4 is 10.1 Å². The molecule has 0 atom stereocenters. The Balaban J connectivity index is 3.30. The average molecular weight is 367 g/mol. The Morgan fingerprint density at radius 2 is 2.05 bits per heavy atom. The topological polar surface area (TPSA) is 99.4 Å². The number of benzene rings is 1. The number of amides is 1.